The van der Waals surface area contributed by atoms with Crippen LogP contribution < -0.4 is 10.6 Å². The number of thiophene rings is 2. The van der Waals surface area contributed by atoms with Crippen molar-refractivity contribution in [2.75, 3.05) is 0 Å². The lowest BCUT2D eigenvalue weighted by Crippen LogP contribution is -2.44. The highest BCUT2D eigenvalue weighted by Gasteiger charge is 2.20. The van der Waals surface area contributed by atoms with Crippen LogP contribution in [0.2, 0.25) is 0 Å². The molecule has 3 rings (SSSR count). The molecule has 1 atom stereocenters. The van der Waals surface area contributed by atoms with E-state index in [0.29, 0.717) is 0 Å². The second-order valence-electron chi connectivity index (χ2n) is 6.61. The fourth-order valence-electron chi connectivity index (χ4n) is 3.15. The minimum Gasteiger partial charge on any atom is -0.383 e. The summed E-state index contributed by atoms with van der Waals surface area (Å²) in [4.78, 5) is 25.8. The van der Waals surface area contributed by atoms with Gasteiger partial charge in [0.05, 0.1) is 6.54 Å². The molecule has 2 aromatic heterocycles. The van der Waals surface area contributed by atoms with Crippen LogP contribution in [0.25, 0.3) is 0 Å². The van der Waals surface area contributed by atoms with E-state index in [1.54, 1.807) is 11.3 Å². The second kappa shape index (κ2) is 9.30. The first-order valence-electron chi connectivity index (χ1n) is 9.01. The van der Waals surface area contributed by atoms with Gasteiger partial charge in [0.25, 0.3) is 0 Å². The summed E-state index contributed by atoms with van der Waals surface area (Å²) >= 11 is 2.98. The molecule has 26 heavy (non-hydrogen) atoms. The minimum absolute atomic E-state index is 0.116. The normalized spacial score (nSPS) is 16.7. The van der Waals surface area contributed by atoms with Gasteiger partial charge in [-0.05, 0) is 47.4 Å². The summed E-state index contributed by atoms with van der Waals surface area (Å²) in [7, 11) is 0. The van der Waals surface area contributed by atoms with Crippen LogP contribution in [-0.4, -0.2) is 23.0 Å². The predicted octanol–water partition coefficient (Wildman–Crippen LogP) is 3.35. The van der Waals surface area contributed by atoms with Gasteiger partial charge in [-0.3, -0.25) is 9.59 Å². The molecule has 1 unspecified atom stereocenters. The van der Waals surface area contributed by atoms with E-state index in [0.717, 1.165) is 41.0 Å². The van der Waals surface area contributed by atoms with Crippen molar-refractivity contribution in [3.8, 4) is 0 Å². The van der Waals surface area contributed by atoms with Gasteiger partial charge < -0.3 is 15.7 Å². The first kappa shape index (κ1) is 19.1. The van der Waals surface area contributed by atoms with Gasteiger partial charge in [-0.2, -0.15) is 11.3 Å². The maximum Gasteiger partial charge on any atom is 0.309 e. The van der Waals surface area contributed by atoms with Crippen LogP contribution >= 0.6 is 22.7 Å². The van der Waals surface area contributed by atoms with Gasteiger partial charge in [-0.25, -0.2) is 0 Å². The molecular formula is C19H24N2O3S2. The van der Waals surface area contributed by atoms with Crippen LogP contribution in [0.5, 0.6) is 0 Å². The fourth-order valence-corrected chi connectivity index (χ4v) is 4.80. The minimum atomic E-state index is -0.644. The van der Waals surface area contributed by atoms with Crippen LogP contribution in [0.4, 0.5) is 0 Å². The SMILES string of the molecule is O=C(NCc1ccc(C(O)c2ccsc2)s1)C(=O)NC1CCCCCC1. The highest BCUT2D eigenvalue weighted by atomic mass is 32.1. The van der Waals surface area contributed by atoms with Crippen LogP contribution in [0.3, 0.4) is 0 Å². The van der Waals surface area contributed by atoms with E-state index < -0.39 is 17.9 Å². The molecule has 0 spiro atoms. The largest absolute Gasteiger partial charge is 0.383 e. The number of aliphatic hydroxyl groups is 1. The molecule has 0 saturated heterocycles. The van der Waals surface area contributed by atoms with Crippen LogP contribution in [0.1, 0.15) is 59.9 Å². The summed E-state index contributed by atoms with van der Waals surface area (Å²) in [6.45, 7) is 0.290. The maximum atomic E-state index is 12.1. The van der Waals surface area contributed by atoms with Crippen LogP contribution in [-0.2, 0) is 16.1 Å². The van der Waals surface area contributed by atoms with E-state index >= 15 is 0 Å². The maximum absolute atomic E-state index is 12.1. The number of hydrogen-bond donors (Lipinski definition) is 3. The molecule has 1 fully saturated rings. The van der Waals surface area contributed by atoms with Crippen molar-refractivity contribution in [3.05, 3.63) is 44.3 Å². The van der Waals surface area contributed by atoms with Gasteiger partial charge in [0.1, 0.15) is 6.10 Å². The lowest BCUT2D eigenvalue weighted by molar-refractivity contribution is -0.139. The Hall–Kier alpha value is -1.70. The summed E-state index contributed by atoms with van der Waals surface area (Å²) < 4.78 is 0. The molecule has 2 heterocycles. The molecule has 1 aliphatic carbocycles. The van der Waals surface area contributed by atoms with Gasteiger partial charge in [0.2, 0.25) is 0 Å². The third-order valence-corrected chi connectivity index (χ3v) is 6.47. The summed E-state index contributed by atoms with van der Waals surface area (Å²) in [6.07, 6.45) is 5.89. The first-order chi connectivity index (χ1) is 12.6. The molecule has 2 aromatic rings. The Kier molecular flexibility index (Phi) is 6.82. The van der Waals surface area contributed by atoms with Crippen molar-refractivity contribution >= 4 is 34.5 Å². The molecule has 0 bridgehead atoms. The first-order valence-corrected chi connectivity index (χ1v) is 10.8. The molecule has 5 nitrogen and oxygen atoms in total. The molecule has 7 heteroatoms. The van der Waals surface area contributed by atoms with Crippen molar-refractivity contribution in [2.24, 2.45) is 0 Å². The predicted molar refractivity (Wildman–Crippen MR) is 104 cm³/mol. The van der Waals surface area contributed by atoms with Crippen LogP contribution in [0.15, 0.2) is 29.0 Å². The average Bonchev–Trinajstić information content (AvgIpc) is 3.28. The summed E-state index contributed by atoms with van der Waals surface area (Å²) in [5, 5.41) is 19.7. The Morgan fingerprint density at radius 3 is 2.58 bits per heavy atom. The van der Waals surface area contributed by atoms with E-state index in [2.05, 4.69) is 10.6 Å². The molecular weight excluding hydrogens is 368 g/mol. The van der Waals surface area contributed by atoms with E-state index in [1.165, 1.54) is 24.2 Å². The van der Waals surface area contributed by atoms with Crippen LogP contribution in [0, 0.1) is 0 Å². The Morgan fingerprint density at radius 1 is 1.12 bits per heavy atom. The molecule has 1 saturated carbocycles. The number of nitrogens with one attached hydrogen (secondary N) is 2. The van der Waals surface area contributed by atoms with Gasteiger partial charge in [0.15, 0.2) is 0 Å². The van der Waals surface area contributed by atoms with Crippen molar-refractivity contribution in [2.45, 2.75) is 57.2 Å². The highest BCUT2D eigenvalue weighted by Crippen LogP contribution is 2.29. The lowest BCUT2D eigenvalue weighted by atomic mass is 10.1. The van der Waals surface area contributed by atoms with Gasteiger partial charge in [-0.15, -0.1) is 11.3 Å². The number of aliphatic hydroxyl groups excluding tert-OH is 1. The van der Waals surface area contributed by atoms with E-state index in [-0.39, 0.29) is 12.6 Å². The molecule has 0 aliphatic heterocycles. The number of carbonyl (C=O) groups is 2. The quantitative estimate of drug-likeness (QED) is 0.539. The molecule has 0 radical (unpaired) electrons. The molecule has 3 N–H and O–H groups in total. The summed E-state index contributed by atoms with van der Waals surface area (Å²) in [5.74, 6) is -1.14. The van der Waals surface area contributed by atoms with Gasteiger partial charge in [0, 0.05) is 15.8 Å². The molecule has 140 valence electrons. The zero-order valence-corrected chi connectivity index (χ0v) is 16.2. The topological polar surface area (TPSA) is 78.4 Å². The van der Waals surface area contributed by atoms with Gasteiger partial charge in [-0.1, -0.05) is 25.7 Å². The number of carbonyl (C=O) groups excluding carboxylic acids is 2. The average molecular weight is 393 g/mol. The Morgan fingerprint density at radius 2 is 1.88 bits per heavy atom. The second-order valence-corrected chi connectivity index (χ2v) is 8.59. The van der Waals surface area contributed by atoms with Crippen molar-refractivity contribution in [3.63, 3.8) is 0 Å². The fraction of sp³-hybridized carbons (Fsp3) is 0.474. The molecule has 0 aromatic carbocycles. The Labute approximate surface area is 161 Å². The summed E-state index contributed by atoms with van der Waals surface area (Å²) in [5.41, 5.74) is 0.871. The molecule has 1 aliphatic rings. The zero-order valence-electron chi connectivity index (χ0n) is 14.6. The highest BCUT2D eigenvalue weighted by molar-refractivity contribution is 7.12. The van der Waals surface area contributed by atoms with Crippen molar-refractivity contribution < 1.29 is 14.7 Å². The number of amides is 2. The standard InChI is InChI=1S/C19H24N2O3S2/c22-17(13-9-10-25-12-13)16-8-7-15(26-16)11-20-18(23)19(24)21-14-5-3-1-2-4-6-14/h7-10,12,14,17,22H,1-6,11H2,(H,20,23)(H,21,24). The smallest absolute Gasteiger partial charge is 0.309 e. The number of rotatable bonds is 5. The molecule has 2 amide bonds. The van der Waals surface area contributed by atoms with E-state index in [1.807, 2.05) is 29.0 Å². The van der Waals surface area contributed by atoms with E-state index in [4.69, 9.17) is 0 Å². The Bertz CT molecular complexity index is 719. The number of hydrogen-bond acceptors (Lipinski definition) is 5. The zero-order chi connectivity index (χ0) is 18.4. The third kappa shape index (κ3) is 5.16. The third-order valence-electron chi connectivity index (χ3n) is 4.63. The Balaban J connectivity index is 1.47. The van der Waals surface area contributed by atoms with Crippen molar-refractivity contribution in [1.82, 2.24) is 10.6 Å². The summed E-state index contributed by atoms with van der Waals surface area (Å²) in [6, 6.07) is 5.75. The van der Waals surface area contributed by atoms with E-state index in [9.17, 15) is 14.7 Å². The monoisotopic (exact) mass is 392 g/mol. The lowest BCUT2D eigenvalue weighted by Gasteiger charge is -2.15. The van der Waals surface area contributed by atoms with Gasteiger partial charge >= 0.3 is 11.8 Å². The van der Waals surface area contributed by atoms with Crippen molar-refractivity contribution in [1.29, 1.82) is 0 Å².